The van der Waals surface area contributed by atoms with Gasteiger partial charge in [0.05, 0.1) is 10.0 Å². The first-order valence-corrected chi connectivity index (χ1v) is 5.16. The zero-order valence-electron chi connectivity index (χ0n) is 7.71. The average Bonchev–Trinajstić information content (AvgIpc) is 2.13. The van der Waals surface area contributed by atoms with Crippen molar-refractivity contribution in [3.05, 3.63) is 27.0 Å². The fourth-order valence-corrected chi connectivity index (χ4v) is 1.89. The Kier molecular flexibility index (Phi) is 6.84. The predicted molar refractivity (Wildman–Crippen MR) is 67.1 cm³/mol. The third kappa shape index (κ3) is 3.63. The normalized spacial score (nSPS) is 12.1. The van der Waals surface area contributed by atoms with Crippen LogP contribution in [0.15, 0.2) is 6.20 Å². The molecule has 3 nitrogen and oxygen atoms in total. The van der Waals surface area contributed by atoms with Crippen LogP contribution in [0.1, 0.15) is 18.0 Å². The summed E-state index contributed by atoms with van der Waals surface area (Å²) in [6.45, 7) is 0.466. The molecule has 0 saturated heterocycles. The van der Waals surface area contributed by atoms with E-state index in [9.17, 15) is 0 Å². The minimum Gasteiger partial charge on any atom is -0.330 e. The third-order valence-electron chi connectivity index (χ3n) is 1.81. The van der Waals surface area contributed by atoms with Crippen molar-refractivity contribution in [2.24, 2.45) is 11.5 Å². The highest BCUT2D eigenvalue weighted by molar-refractivity contribution is 6.43. The molecule has 1 heterocycles. The fraction of sp³-hybridized carbons (Fsp3) is 0.375. The highest BCUT2D eigenvalue weighted by Gasteiger charge is 2.16. The Balaban J connectivity index is 0.00000196. The van der Waals surface area contributed by atoms with Gasteiger partial charge in [0.2, 0.25) is 0 Å². The molecule has 1 aromatic rings. The lowest BCUT2D eigenvalue weighted by molar-refractivity contribution is 0.661. The number of hydrogen-bond acceptors (Lipinski definition) is 3. The Labute approximate surface area is 109 Å². The van der Waals surface area contributed by atoms with Gasteiger partial charge in [-0.15, -0.1) is 12.4 Å². The van der Waals surface area contributed by atoms with Crippen LogP contribution in [0.2, 0.25) is 15.2 Å². The molecule has 0 aromatic carbocycles. The van der Waals surface area contributed by atoms with Gasteiger partial charge < -0.3 is 11.5 Å². The highest BCUT2D eigenvalue weighted by atomic mass is 35.5. The highest BCUT2D eigenvalue weighted by Crippen LogP contribution is 2.33. The number of nitrogens with two attached hydrogens (primary N) is 2. The topological polar surface area (TPSA) is 64.9 Å². The quantitative estimate of drug-likeness (QED) is 0.842. The summed E-state index contributed by atoms with van der Waals surface area (Å²) in [5, 5.41) is 0.930. The number of aromatic nitrogens is 1. The Morgan fingerprint density at radius 2 is 1.93 bits per heavy atom. The second kappa shape index (κ2) is 6.74. The standard InChI is InChI=1S/C8H10Cl3N3.ClH/c9-4-3-14-8(11)7(10)6(4)5(13)1-2-12;/h3,5H,1-2,12-13H2;1H/t5-;/m1./s1. The molecule has 0 unspecified atom stereocenters. The van der Waals surface area contributed by atoms with Crippen molar-refractivity contribution in [1.82, 2.24) is 4.98 Å². The molecule has 1 rings (SSSR count). The molecule has 0 aliphatic rings. The lowest BCUT2D eigenvalue weighted by Gasteiger charge is -2.14. The summed E-state index contributed by atoms with van der Waals surface area (Å²) >= 11 is 17.6. The molecule has 15 heavy (non-hydrogen) atoms. The van der Waals surface area contributed by atoms with E-state index < -0.39 is 0 Å². The van der Waals surface area contributed by atoms with Gasteiger partial charge in [-0.05, 0) is 13.0 Å². The lowest BCUT2D eigenvalue weighted by atomic mass is 10.1. The number of rotatable bonds is 3. The molecule has 7 heteroatoms. The van der Waals surface area contributed by atoms with Crippen LogP contribution in [0.3, 0.4) is 0 Å². The number of pyridine rings is 1. The van der Waals surface area contributed by atoms with Crippen molar-refractivity contribution in [2.45, 2.75) is 12.5 Å². The molecule has 1 aromatic heterocycles. The van der Waals surface area contributed by atoms with E-state index in [1.165, 1.54) is 6.20 Å². The van der Waals surface area contributed by atoms with Gasteiger partial charge in [0.25, 0.3) is 0 Å². The maximum atomic E-state index is 5.93. The summed E-state index contributed by atoms with van der Waals surface area (Å²) in [7, 11) is 0. The molecule has 0 amide bonds. The monoisotopic (exact) mass is 289 g/mol. The maximum Gasteiger partial charge on any atom is 0.148 e. The average molecular weight is 291 g/mol. The van der Waals surface area contributed by atoms with E-state index in [4.69, 9.17) is 46.3 Å². The Morgan fingerprint density at radius 1 is 1.33 bits per heavy atom. The van der Waals surface area contributed by atoms with Crippen LogP contribution in [0.25, 0.3) is 0 Å². The van der Waals surface area contributed by atoms with Gasteiger partial charge in [0, 0.05) is 17.8 Å². The Hall–Kier alpha value is 0.230. The summed E-state index contributed by atoms with van der Waals surface area (Å²) < 4.78 is 0. The molecule has 0 bridgehead atoms. The van der Waals surface area contributed by atoms with E-state index in [1.807, 2.05) is 0 Å². The smallest absolute Gasteiger partial charge is 0.148 e. The van der Waals surface area contributed by atoms with Crippen LogP contribution in [0, 0.1) is 0 Å². The number of hydrogen-bond donors (Lipinski definition) is 2. The fourth-order valence-electron chi connectivity index (χ4n) is 1.12. The molecule has 1 atom stereocenters. The molecule has 0 aliphatic heterocycles. The molecule has 86 valence electrons. The van der Waals surface area contributed by atoms with Crippen molar-refractivity contribution in [1.29, 1.82) is 0 Å². The largest absolute Gasteiger partial charge is 0.330 e. The van der Waals surface area contributed by atoms with Crippen LogP contribution in [-0.2, 0) is 0 Å². The molecular formula is C8H11Cl4N3. The minimum absolute atomic E-state index is 0. The molecule has 0 radical (unpaired) electrons. The van der Waals surface area contributed by atoms with Gasteiger partial charge in [-0.2, -0.15) is 0 Å². The zero-order valence-corrected chi connectivity index (χ0v) is 10.8. The van der Waals surface area contributed by atoms with E-state index in [-0.39, 0.29) is 23.6 Å². The number of nitrogens with zero attached hydrogens (tertiary/aromatic N) is 1. The van der Waals surface area contributed by atoms with Crippen LogP contribution in [0.5, 0.6) is 0 Å². The second-order valence-electron chi connectivity index (χ2n) is 2.81. The first-order valence-electron chi connectivity index (χ1n) is 4.03. The molecule has 0 spiro atoms. The van der Waals surface area contributed by atoms with Crippen molar-refractivity contribution in [2.75, 3.05) is 6.54 Å². The van der Waals surface area contributed by atoms with Gasteiger partial charge in [-0.1, -0.05) is 34.8 Å². The van der Waals surface area contributed by atoms with E-state index in [0.29, 0.717) is 28.6 Å². The summed E-state index contributed by atoms with van der Waals surface area (Å²) in [5.41, 5.74) is 11.8. The third-order valence-corrected chi connectivity index (χ3v) is 2.88. The maximum absolute atomic E-state index is 5.93. The van der Waals surface area contributed by atoms with Gasteiger partial charge in [-0.25, -0.2) is 4.98 Å². The predicted octanol–water partition coefficient (Wildman–Crippen LogP) is 2.81. The van der Waals surface area contributed by atoms with Gasteiger partial charge >= 0.3 is 0 Å². The molecule has 0 saturated carbocycles. The van der Waals surface area contributed by atoms with Crippen LogP contribution in [0.4, 0.5) is 0 Å². The van der Waals surface area contributed by atoms with E-state index in [0.717, 1.165) is 0 Å². The zero-order chi connectivity index (χ0) is 10.7. The lowest BCUT2D eigenvalue weighted by Crippen LogP contribution is -2.16. The van der Waals surface area contributed by atoms with E-state index in [1.54, 1.807) is 0 Å². The molecule has 0 fully saturated rings. The SMILES string of the molecule is Cl.NCC[C@@H](N)c1c(Cl)cnc(Cl)c1Cl. The second-order valence-corrected chi connectivity index (χ2v) is 3.95. The van der Waals surface area contributed by atoms with E-state index >= 15 is 0 Å². The number of halogens is 4. The summed E-state index contributed by atoms with van der Waals surface area (Å²) in [6.07, 6.45) is 2.03. The molecule has 0 aliphatic carbocycles. The summed E-state index contributed by atoms with van der Waals surface area (Å²) in [4.78, 5) is 3.80. The summed E-state index contributed by atoms with van der Waals surface area (Å²) in [6, 6.07) is -0.305. The van der Waals surface area contributed by atoms with Crippen molar-refractivity contribution >= 4 is 47.2 Å². The van der Waals surface area contributed by atoms with Crippen molar-refractivity contribution < 1.29 is 0 Å². The molecule has 4 N–H and O–H groups in total. The Bertz CT molecular complexity index is 332. The summed E-state index contributed by atoms with van der Waals surface area (Å²) in [5.74, 6) is 0. The Morgan fingerprint density at radius 3 is 2.47 bits per heavy atom. The van der Waals surface area contributed by atoms with Gasteiger partial charge in [0.1, 0.15) is 5.15 Å². The van der Waals surface area contributed by atoms with Gasteiger partial charge in [0.15, 0.2) is 0 Å². The first kappa shape index (κ1) is 15.2. The van der Waals surface area contributed by atoms with Crippen molar-refractivity contribution in [3.8, 4) is 0 Å². The first-order chi connectivity index (χ1) is 6.57. The van der Waals surface area contributed by atoms with Crippen LogP contribution < -0.4 is 11.5 Å². The van der Waals surface area contributed by atoms with Crippen LogP contribution in [-0.4, -0.2) is 11.5 Å². The minimum atomic E-state index is -0.305. The van der Waals surface area contributed by atoms with E-state index in [2.05, 4.69) is 4.98 Å². The molecular weight excluding hydrogens is 280 g/mol. The van der Waals surface area contributed by atoms with Crippen LogP contribution >= 0.6 is 47.2 Å². The van der Waals surface area contributed by atoms with Crippen molar-refractivity contribution in [3.63, 3.8) is 0 Å². The van der Waals surface area contributed by atoms with Gasteiger partial charge in [-0.3, -0.25) is 0 Å².